The molecule has 0 amide bonds. The first-order valence-corrected chi connectivity index (χ1v) is 8.84. The van der Waals surface area contributed by atoms with Crippen molar-refractivity contribution in [1.29, 1.82) is 0 Å². The average Bonchev–Trinajstić information content (AvgIpc) is 3.42. The van der Waals surface area contributed by atoms with Gasteiger partial charge in [-0.3, -0.25) is 0 Å². The lowest BCUT2D eigenvalue weighted by Gasteiger charge is -2.18. The molecule has 0 radical (unpaired) electrons. The molecule has 1 aliphatic rings. The molecule has 2 aromatic rings. The Kier molecular flexibility index (Phi) is 5.22. The van der Waals surface area contributed by atoms with Gasteiger partial charge in [0.25, 0.3) is 0 Å². The average molecular weight is 324 g/mol. The number of nitrogens with two attached hydrogens (primary N) is 1. The van der Waals surface area contributed by atoms with E-state index in [4.69, 9.17) is 10.5 Å². The van der Waals surface area contributed by atoms with Crippen molar-refractivity contribution in [3.05, 3.63) is 54.1 Å². The highest BCUT2D eigenvalue weighted by Gasteiger charge is 2.40. The second-order valence-electron chi connectivity index (χ2n) is 6.95. The number of benzene rings is 2. The quantitative estimate of drug-likeness (QED) is 0.767. The molecular weight excluding hydrogens is 296 g/mol. The fourth-order valence-electron chi connectivity index (χ4n) is 3.24. The first kappa shape index (κ1) is 17.0. The number of hydrogen-bond acceptors (Lipinski definition) is 3. The van der Waals surface area contributed by atoms with E-state index in [0.717, 1.165) is 24.4 Å². The minimum absolute atomic E-state index is 0.352. The standard InChI is InChI=1S/C21H28N2O/c1-16(23-14-13-21(15-22)11-12-21)17-7-9-18(10-8-17)19-5-3-4-6-20(19)24-2/h3-10,16,23H,11-15,22H2,1-2H3. The van der Waals surface area contributed by atoms with E-state index in [1.165, 1.54) is 30.4 Å². The van der Waals surface area contributed by atoms with E-state index in [-0.39, 0.29) is 0 Å². The van der Waals surface area contributed by atoms with E-state index < -0.39 is 0 Å². The Bertz CT molecular complexity index is 662. The summed E-state index contributed by atoms with van der Waals surface area (Å²) in [6, 6.07) is 17.2. The van der Waals surface area contributed by atoms with Crippen LogP contribution in [0.25, 0.3) is 11.1 Å². The van der Waals surface area contributed by atoms with Gasteiger partial charge in [-0.25, -0.2) is 0 Å². The predicted molar refractivity (Wildman–Crippen MR) is 100 cm³/mol. The highest BCUT2D eigenvalue weighted by molar-refractivity contribution is 5.70. The Labute approximate surface area is 145 Å². The maximum atomic E-state index is 5.85. The predicted octanol–water partition coefficient (Wildman–Crippen LogP) is 4.14. The molecule has 1 fully saturated rings. The van der Waals surface area contributed by atoms with Gasteiger partial charge in [-0.2, -0.15) is 0 Å². The van der Waals surface area contributed by atoms with Crippen LogP contribution in [-0.2, 0) is 0 Å². The second-order valence-corrected chi connectivity index (χ2v) is 6.95. The Morgan fingerprint density at radius 2 is 1.83 bits per heavy atom. The molecule has 0 saturated heterocycles. The van der Waals surface area contributed by atoms with Gasteiger partial charge in [-0.15, -0.1) is 0 Å². The molecule has 2 aromatic carbocycles. The van der Waals surface area contributed by atoms with E-state index in [1.807, 2.05) is 18.2 Å². The third kappa shape index (κ3) is 3.80. The zero-order valence-corrected chi connectivity index (χ0v) is 14.7. The Morgan fingerprint density at radius 3 is 2.46 bits per heavy atom. The molecule has 1 unspecified atom stereocenters. The topological polar surface area (TPSA) is 47.3 Å². The van der Waals surface area contributed by atoms with Gasteiger partial charge in [0.2, 0.25) is 0 Å². The minimum atomic E-state index is 0.352. The van der Waals surface area contributed by atoms with E-state index in [1.54, 1.807) is 7.11 Å². The maximum Gasteiger partial charge on any atom is 0.126 e. The van der Waals surface area contributed by atoms with Crippen LogP contribution in [0.3, 0.4) is 0 Å². The van der Waals surface area contributed by atoms with Crippen LogP contribution in [0, 0.1) is 5.41 Å². The number of rotatable bonds is 8. The zero-order valence-electron chi connectivity index (χ0n) is 14.7. The van der Waals surface area contributed by atoms with Crippen LogP contribution in [0.2, 0.25) is 0 Å². The highest BCUT2D eigenvalue weighted by Crippen LogP contribution is 2.47. The first-order chi connectivity index (χ1) is 11.7. The molecule has 1 atom stereocenters. The monoisotopic (exact) mass is 324 g/mol. The van der Waals surface area contributed by atoms with Crippen molar-refractivity contribution in [2.75, 3.05) is 20.2 Å². The van der Waals surface area contributed by atoms with Crippen LogP contribution in [-0.4, -0.2) is 20.2 Å². The summed E-state index contributed by atoms with van der Waals surface area (Å²) in [7, 11) is 1.72. The van der Waals surface area contributed by atoms with Crippen molar-refractivity contribution in [1.82, 2.24) is 5.32 Å². The van der Waals surface area contributed by atoms with Crippen LogP contribution in [0.5, 0.6) is 5.75 Å². The van der Waals surface area contributed by atoms with Crippen LogP contribution >= 0.6 is 0 Å². The molecule has 0 bridgehead atoms. The van der Waals surface area contributed by atoms with Crippen molar-refractivity contribution in [3.8, 4) is 16.9 Å². The maximum absolute atomic E-state index is 5.85. The minimum Gasteiger partial charge on any atom is -0.496 e. The van der Waals surface area contributed by atoms with Crippen molar-refractivity contribution >= 4 is 0 Å². The van der Waals surface area contributed by atoms with Crippen LogP contribution < -0.4 is 15.8 Å². The molecule has 0 aromatic heterocycles. The fraction of sp³-hybridized carbons (Fsp3) is 0.429. The molecule has 0 aliphatic heterocycles. The van der Waals surface area contributed by atoms with E-state index >= 15 is 0 Å². The number of para-hydroxylation sites is 1. The van der Waals surface area contributed by atoms with Gasteiger partial charge in [-0.05, 0) is 61.9 Å². The number of nitrogens with one attached hydrogen (secondary N) is 1. The molecule has 3 heteroatoms. The third-order valence-electron chi connectivity index (χ3n) is 5.32. The third-order valence-corrected chi connectivity index (χ3v) is 5.32. The normalized spacial score (nSPS) is 16.6. The molecule has 0 heterocycles. The lowest BCUT2D eigenvalue weighted by molar-refractivity contribution is 0.416. The largest absolute Gasteiger partial charge is 0.496 e. The molecule has 1 saturated carbocycles. The fourth-order valence-corrected chi connectivity index (χ4v) is 3.24. The summed E-state index contributed by atoms with van der Waals surface area (Å²) in [4.78, 5) is 0. The summed E-state index contributed by atoms with van der Waals surface area (Å²) in [5, 5.41) is 3.63. The summed E-state index contributed by atoms with van der Waals surface area (Å²) in [5.74, 6) is 0.910. The number of hydrogen-bond donors (Lipinski definition) is 2. The second kappa shape index (κ2) is 7.37. The first-order valence-electron chi connectivity index (χ1n) is 8.84. The summed E-state index contributed by atoms with van der Waals surface area (Å²) in [6.45, 7) is 4.09. The molecular formula is C21H28N2O. The molecule has 0 spiro atoms. The Hall–Kier alpha value is -1.84. The van der Waals surface area contributed by atoms with Gasteiger partial charge < -0.3 is 15.8 Å². The summed E-state index contributed by atoms with van der Waals surface area (Å²) < 4.78 is 5.46. The van der Waals surface area contributed by atoms with Crippen LogP contribution in [0.15, 0.2) is 48.5 Å². The van der Waals surface area contributed by atoms with E-state index in [2.05, 4.69) is 42.6 Å². The molecule has 3 rings (SSSR count). The molecule has 1 aliphatic carbocycles. The van der Waals surface area contributed by atoms with Gasteiger partial charge in [0.1, 0.15) is 5.75 Å². The smallest absolute Gasteiger partial charge is 0.126 e. The SMILES string of the molecule is COc1ccccc1-c1ccc(C(C)NCCC2(CN)CC2)cc1. The van der Waals surface area contributed by atoms with Crippen molar-refractivity contribution in [2.24, 2.45) is 11.1 Å². The number of ether oxygens (including phenoxy) is 1. The van der Waals surface area contributed by atoms with Crippen LogP contribution in [0.4, 0.5) is 0 Å². The Balaban J connectivity index is 1.61. The summed E-state index contributed by atoms with van der Waals surface area (Å²) in [5.41, 5.74) is 9.92. The Morgan fingerprint density at radius 1 is 1.12 bits per heavy atom. The van der Waals surface area contributed by atoms with Gasteiger partial charge >= 0.3 is 0 Å². The van der Waals surface area contributed by atoms with E-state index in [0.29, 0.717) is 11.5 Å². The van der Waals surface area contributed by atoms with Gasteiger partial charge in [0.15, 0.2) is 0 Å². The van der Waals surface area contributed by atoms with Crippen molar-refractivity contribution in [3.63, 3.8) is 0 Å². The highest BCUT2D eigenvalue weighted by atomic mass is 16.5. The van der Waals surface area contributed by atoms with Gasteiger partial charge in [-0.1, -0.05) is 42.5 Å². The number of methoxy groups -OCH3 is 1. The summed E-state index contributed by atoms with van der Waals surface area (Å²) >= 11 is 0. The van der Waals surface area contributed by atoms with Crippen LogP contribution in [0.1, 0.15) is 37.8 Å². The zero-order chi connectivity index (χ0) is 17.0. The molecule has 3 nitrogen and oxygen atoms in total. The molecule has 24 heavy (non-hydrogen) atoms. The molecule has 128 valence electrons. The summed E-state index contributed by atoms with van der Waals surface area (Å²) in [6.07, 6.45) is 3.79. The lowest BCUT2D eigenvalue weighted by Crippen LogP contribution is -2.25. The van der Waals surface area contributed by atoms with Crippen molar-refractivity contribution in [2.45, 2.75) is 32.2 Å². The van der Waals surface area contributed by atoms with E-state index in [9.17, 15) is 0 Å². The molecule has 3 N–H and O–H groups in total. The van der Waals surface area contributed by atoms with Crippen molar-refractivity contribution < 1.29 is 4.74 Å². The van der Waals surface area contributed by atoms with Gasteiger partial charge in [0.05, 0.1) is 7.11 Å². The van der Waals surface area contributed by atoms with Gasteiger partial charge in [0, 0.05) is 11.6 Å². The lowest BCUT2D eigenvalue weighted by atomic mass is 10.00.